The van der Waals surface area contributed by atoms with Crippen molar-refractivity contribution in [3.63, 3.8) is 0 Å². The summed E-state index contributed by atoms with van der Waals surface area (Å²) in [7, 11) is 1.37. The van der Waals surface area contributed by atoms with Crippen molar-refractivity contribution >= 4 is 32.8 Å². The quantitative estimate of drug-likeness (QED) is 0.796. The number of halogens is 1. The van der Waals surface area contributed by atoms with Crippen LogP contribution in [0.3, 0.4) is 0 Å². The average Bonchev–Trinajstić information content (AvgIpc) is 2.65. The van der Waals surface area contributed by atoms with Gasteiger partial charge in [-0.1, -0.05) is 15.9 Å². The largest absolute Gasteiger partial charge is 0.464 e. The Morgan fingerprint density at radius 3 is 2.94 bits per heavy atom. The Bertz CT molecular complexity index is 548. The lowest BCUT2D eigenvalue weighted by atomic mass is 10.2. The smallest absolute Gasteiger partial charge is 0.356 e. The van der Waals surface area contributed by atoms with Gasteiger partial charge in [0.15, 0.2) is 5.69 Å². The van der Waals surface area contributed by atoms with E-state index in [0.29, 0.717) is 12.2 Å². The monoisotopic (exact) mass is 282 g/mol. The highest BCUT2D eigenvalue weighted by Gasteiger charge is 2.18. The van der Waals surface area contributed by atoms with Gasteiger partial charge in [-0.3, -0.25) is 4.68 Å². The highest BCUT2D eigenvalue weighted by atomic mass is 79.9. The van der Waals surface area contributed by atoms with Gasteiger partial charge in [0, 0.05) is 16.4 Å². The van der Waals surface area contributed by atoms with E-state index in [4.69, 9.17) is 4.74 Å². The Morgan fingerprint density at radius 1 is 1.56 bits per heavy atom. The third-order valence-electron chi connectivity index (χ3n) is 2.38. The molecule has 0 aliphatic carbocycles. The van der Waals surface area contributed by atoms with Crippen molar-refractivity contribution in [2.45, 2.75) is 13.5 Å². The number of fused-ring (bicyclic) bond motifs is 1. The summed E-state index contributed by atoms with van der Waals surface area (Å²) in [6, 6.07) is 5.65. The molecule has 0 spiro atoms. The van der Waals surface area contributed by atoms with Gasteiger partial charge in [-0.05, 0) is 25.1 Å². The first-order valence-electron chi connectivity index (χ1n) is 4.91. The maximum atomic E-state index is 11.7. The number of hydrogen-bond donors (Lipinski definition) is 0. The molecule has 0 amide bonds. The van der Waals surface area contributed by atoms with Crippen molar-refractivity contribution in [3.05, 3.63) is 28.4 Å². The molecule has 0 atom stereocenters. The average molecular weight is 283 g/mol. The molecule has 1 aromatic carbocycles. The minimum atomic E-state index is -0.359. The van der Waals surface area contributed by atoms with Crippen molar-refractivity contribution in [1.29, 1.82) is 0 Å². The maximum Gasteiger partial charge on any atom is 0.356 e. The molecule has 0 aliphatic heterocycles. The molecular weight excluding hydrogens is 272 g/mol. The van der Waals surface area contributed by atoms with E-state index in [0.717, 1.165) is 15.4 Å². The van der Waals surface area contributed by atoms with Crippen LogP contribution in [0.1, 0.15) is 17.4 Å². The van der Waals surface area contributed by atoms with Gasteiger partial charge in [-0.15, -0.1) is 0 Å². The Balaban J connectivity index is 2.75. The number of esters is 1. The number of nitrogens with zero attached hydrogens (tertiary/aromatic N) is 2. The second-order valence-corrected chi connectivity index (χ2v) is 4.23. The first kappa shape index (κ1) is 11.1. The molecule has 0 saturated heterocycles. The summed E-state index contributed by atoms with van der Waals surface area (Å²) >= 11 is 3.38. The topological polar surface area (TPSA) is 44.1 Å². The molecule has 2 aromatic rings. The Labute approximate surface area is 101 Å². The van der Waals surface area contributed by atoms with Crippen LogP contribution in [0.2, 0.25) is 0 Å². The van der Waals surface area contributed by atoms with E-state index in [9.17, 15) is 4.79 Å². The van der Waals surface area contributed by atoms with Crippen LogP contribution >= 0.6 is 15.9 Å². The molecule has 16 heavy (non-hydrogen) atoms. The van der Waals surface area contributed by atoms with Gasteiger partial charge in [0.2, 0.25) is 0 Å². The summed E-state index contributed by atoms with van der Waals surface area (Å²) in [6.07, 6.45) is 0. The van der Waals surface area contributed by atoms with E-state index in [1.165, 1.54) is 7.11 Å². The molecule has 0 unspecified atom stereocenters. The molecule has 0 bridgehead atoms. The zero-order chi connectivity index (χ0) is 11.7. The van der Waals surface area contributed by atoms with Gasteiger partial charge in [-0.2, -0.15) is 5.10 Å². The molecule has 1 aromatic heterocycles. The van der Waals surface area contributed by atoms with Crippen LogP contribution in [0.15, 0.2) is 22.7 Å². The highest BCUT2D eigenvalue weighted by molar-refractivity contribution is 9.10. The van der Waals surface area contributed by atoms with E-state index in [1.807, 2.05) is 25.1 Å². The lowest BCUT2D eigenvalue weighted by Gasteiger charge is -2.02. The first-order valence-corrected chi connectivity index (χ1v) is 5.71. The van der Waals surface area contributed by atoms with Gasteiger partial charge in [0.25, 0.3) is 0 Å². The van der Waals surface area contributed by atoms with Crippen molar-refractivity contribution < 1.29 is 9.53 Å². The third-order valence-corrected chi connectivity index (χ3v) is 2.87. The summed E-state index contributed by atoms with van der Waals surface area (Å²) in [5, 5.41) is 5.14. The summed E-state index contributed by atoms with van der Waals surface area (Å²) in [4.78, 5) is 11.7. The van der Waals surface area contributed by atoms with Crippen LogP contribution in [0.25, 0.3) is 10.9 Å². The molecule has 4 nitrogen and oxygen atoms in total. The molecule has 0 N–H and O–H groups in total. The van der Waals surface area contributed by atoms with Gasteiger partial charge >= 0.3 is 5.97 Å². The summed E-state index contributed by atoms with van der Waals surface area (Å²) in [5.74, 6) is -0.359. The van der Waals surface area contributed by atoms with Crippen LogP contribution in [-0.4, -0.2) is 22.9 Å². The minimum Gasteiger partial charge on any atom is -0.464 e. The van der Waals surface area contributed by atoms with Crippen LogP contribution in [0.4, 0.5) is 0 Å². The molecule has 5 heteroatoms. The number of rotatable bonds is 2. The fraction of sp³-hybridized carbons (Fsp3) is 0.273. The SMILES string of the molecule is CCn1nc2ccc(Br)cc2c1C(=O)OC. The van der Waals surface area contributed by atoms with Gasteiger partial charge in [0.1, 0.15) is 0 Å². The van der Waals surface area contributed by atoms with Crippen LogP contribution < -0.4 is 0 Å². The molecule has 2 rings (SSSR count). The van der Waals surface area contributed by atoms with E-state index in [1.54, 1.807) is 4.68 Å². The second kappa shape index (κ2) is 4.25. The summed E-state index contributed by atoms with van der Waals surface area (Å²) in [6.45, 7) is 2.57. The van der Waals surface area contributed by atoms with E-state index < -0.39 is 0 Å². The molecule has 1 heterocycles. The number of aryl methyl sites for hydroxylation is 1. The number of benzene rings is 1. The zero-order valence-electron chi connectivity index (χ0n) is 9.03. The fourth-order valence-corrected chi connectivity index (χ4v) is 2.01. The molecule has 0 fully saturated rings. The number of carbonyl (C=O) groups is 1. The molecular formula is C11H11BrN2O2. The lowest BCUT2D eigenvalue weighted by Crippen LogP contribution is -2.10. The number of carbonyl (C=O) groups excluding carboxylic acids is 1. The van der Waals surface area contributed by atoms with E-state index in [-0.39, 0.29) is 5.97 Å². The normalized spacial score (nSPS) is 10.7. The summed E-state index contributed by atoms with van der Waals surface area (Å²) in [5.41, 5.74) is 1.30. The second-order valence-electron chi connectivity index (χ2n) is 3.32. The van der Waals surface area contributed by atoms with Gasteiger partial charge in [-0.25, -0.2) is 4.79 Å². The first-order chi connectivity index (χ1) is 7.67. The van der Waals surface area contributed by atoms with Gasteiger partial charge in [0.05, 0.1) is 12.6 Å². The number of methoxy groups -OCH3 is 1. The third kappa shape index (κ3) is 1.71. The molecule has 0 saturated carbocycles. The fourth-order valence-electron chi connectivity index (χ4n) is 1.65. The van der Waals surface area contributed by atoms with Gasteiger partial charge < -0.3 is 4.74 Å². The molecule has 84 valence electrons. The number of hydrogen-bond acceptors (Lipinski definition) is 3. The number of aromatic nitrogens is 2. The van der Waals surface area contributed by atoms with E-state index >= 15 is 0 Å². The predicted octanol–water partition coefficient (Wildman–Crippen LogP) is 2.61. The Morgan fingerprint density at radius 2 is 2.31 bits per heavy atom. The van der Waals surface area contributed by atoms with Crippen molar-refractivity contribution in [2.24, 2.45) is 0 Å². The van der Waals surface area contributed by atoms with Crippen molar-refractivity contribution in [1.82, 2.24) is 9.78 Å². The maximum absolute atomic E-state index is 11.7. The zero-order valence-corrected chi connectivity index (χ0v) is 10.6. The molecule has 0 aliphatic rings. The van der Waals surface area contributed by atoms with Crippen LogP contribution in [-0.2, 0) is 11.3 Å². The minimum absolute atomic E-state index is 0.359. The highest BCUT2D eigenvalue weighted by Crippen LogP contribution is 2.23. The van der Waals surface area contributed by atoms with Crippen LogP contribution in [0, 0.1) is 0 Å². The Hall–Kier alpha value is -1.36. The standard InChI is InChI=1S/C11H11BrN2O2/c1-3-14-10(11(15)16-2)8-6-7(12)4-5-9(8)13-14/h4-6H,3H2,1-2H3. The molecule has 0 radical (unpaired) electrons. The van der Waals surface area contributed by atoms with Crippen molar-refractivity contribution in [3.8, 4) is 0 Å². The summed E-state index contributed by atoms with van der Waals surface area (Å²) < 4.78 is 7.34. The predicted molar refractivity (Wildman–Crippen MR) is 64.4 cm³/mol. The van der Waals surface area contributed by atoms with Crippen molar-refractivity contribution in [2.75, 3.05) is 7.11 Å². The van der Waals surface area contributed by atoms with Crippen LogP contribution in [0.5, 0.6) is 0 Å². The number of ether oxygens (including phenoxy) is 1. The Kier molecular flexibility index (Phi) is 2.96. The van der Waals surface area contributed by atoms with E-state index in [2.05, 4.69) is 21.0 Å². The lowest BCUT2D eigenvalue weighted by molar-refractivity contribution is 0.0589.